The van der Waals surface area contributed by atoms with E-state index in [1.54, 1.807) is 6.92 Å². The van der Waals surface area contributed by atoms with Gasteiger partial charge in [-0.05, 0) is 18.6 Å². The standard InChI is InChI=1S/C11H12Cl3NO4S/c1-2-3-15(6-10(16)17)20(18,19)11-8(13)4-7(12)5-9(11)14/h4-5H,2-3,6H2,1H3,(H,16,17). The maximum atomic E-state index is 12.5. The summed E-state index contributed by atoms with van der Waals surface area (Å²) < 4.78 is 25.7. The number of sulfonamides is 1. The van der Waals surface area contributed by atoms with Gasteiger partial charge in [0.15, 0.2) is 0 Å². The maximum absolute atomic E-state index is 12.5. The maximum Gasteiger partial charge on any atom is 0.318 e. The molecule has 1 aromatic rings. The molecule has 0 radical (unpaired) electrons. The summed E-state index contributed by atoms with van der Waals surface area (Å²) in [6.07, 6.45) is 0.454. The Labute approximate surface area is 132 Å². The Kier molecular flexibility index (Phi) is 6.09. The highest BCUT2D eigenvalue weighted by molar-refractivity contribution is 7.89. The molecule has 0 bridgehead atoms. The fourth-order valence-electron chi connectivity index (χ4n) is 1.59. The second kappa shape index (κ2) is 6.95. The Morgan fingerprint density at radius 2 is 1.75 bits per heavy atom. The summed E-state index contributed by atoms with van der Waals surface area (Å²) in [6.45, 7) is 1.12. The highest BCUT2D eigenvalue weighted by Crippen LogP contribution is 2.34. The van der Waals surface area contributed by atoms with Crippen molar-refractivity contribution in [2.75, 3.05) is 13.1 Å². The summed E-state index contributed by atoms with van der Waals surface area (Å²) in [4.78, 5) is 10.5. The lowest BCUT2D eigenvalue weighted by molar-refractivity contribution is -0.137. The van der Waals surface area contributed by atoms with Gasteiger partial charge in [0.1, 0.15) is 11.4 Å². The number of carboxylic acids is 1. The van der Waals surface area contributed by atoms with E-state index in [1.165, 1.54) is 12.1 Å². The van der Waals surface area contributed by atoms with E-state index in [2.05, 4.69) is 0 Å². The predicted molar refractivity (Wildman–Crippen MR) is 78.2 cm³/mol. The molecule has 0 aliphatic carbocycles. The SMILES string of the molecule is CCCN(CC(=O)O)S(=O)(=O)c1c(Cl)cc(Cl)cc1Cl. The molecule has 0 fully saturated rings. The minimum absolute atomic E-state index is 0.0456. The fourth-order valence-corrected chi connectivity index (χ4v) is 4.56. The lowest BCUT2D eigenvalue weighted by Gasteiger charge is -2.21. The van der Waals surface area contributed by atoms with Crippen molar-refractivity contribution >= 4 is 50.8 Å². The van der Waals surface area contributed by atoms with Crippen LogP contribution in [0.3, 0.4) is 0 Å². The normalized spacial score (nSPS) is 11.8. The molecule has 1 N–H and O–H groups in total. The van der Waals surface area contributed by atoms with Crippen LogP contribution < -0.4 is 0 Å². The van der Waals surface area contributed by atoms with Crippen molar-refractivity contribution in [3.63, 3.8) is 0 Å². The number of hydrogen-bond acceptors (Lipinski definition) is 3. The van der Waals surface area contributed by atoms with E-state index in [9.17, 15) is 13.2 Å². The molecular weight excluding hydrogens is 349 g/mol. The number of halogens is 3. The van der Waals surface area contributed by atoms with E-state index in [4.69, 9.17) is 39.9 Å². The van der Waals surface area contributed by atoms with Crippen molar-refractivity contribution in [2.45, 2.75) is 18.2 Å². The Morgan fingerprint density at radius 3 is 2.15 bits per heavy atom. The zero-order valence-corrected chi connectivity index (χ0v) is 13.5. The van der Waals surface area contributed by atoms with Crippen molar-refractivity contribution in [1.29, 1.82) is 0 Å². The Hall–Kier alpha value is -0.530. The van der Waals surface area contributed by atoms with Crippen LogP contribution in [0.4, 0.5) is 0 Å². The number of rotatable bonds is 6. The molecule has 0 atom stereocenters. The van der Waals surface area contributed by atoms with Crippen LogP contribution in [0.2, 0.25) is 15.1 Å². The van der Waals surface area contributed by atoms with Crippen LogP contribution in [-0.2, 0) is 14.8 Å². The smallest absolute Gasteiger partial charge is 0.318 e. The largest absolute Gasteiger partial charge is 0.480 e. The molecule has 1 rings (SSSR count). The average molecular weight is 361 g/mol. The number of carboxylic acid groups (broad SMARTS) is 1. The molecule has 5 nitrogen and oxygen atoms in total. The van der Waals surface area contributed by atoms with E-state index in [-0.39, 0.29) is 26.5 Å². The lowest BCUT2D eigenvalue weighted by Crippen LogP contribution is -2.36. The summed E-state index contributed by atoms with van der Waals surface area (Å²) in [6, 6.07) is 2.49. The number of nitrogens with zero attached hydrogens (tertiary/aromatic N) is 1. The van der Waals surface area contributed by atoms with E-state index < -0.39 is 22.5 Å². The van der Waals surface area contributed by atoms with Crippen LogP contribution in [0.15, 0.2) is 17.0 Å². The summed E-state index contributed by atoms with van der Waals surface area (Å²) in [7, 11) is -4.11. The van der Waals surface area contributed by atoms with Crippen molar-refractivity contribution in [1.82, 2.24) is 4.31 Å². The molecule has 0 heterocycles. The van der Waals surface area contributed by atoms with Crippen molar-refractivity contribution < 1.29 is 18.3 Å². The topological polar surface area (TPSA) is 74.7 Å². The molecule has 0 aliphatic heterocycles. The minimum atomic E-state index is -4.11. The first-order valence-corrected chi connectivity index (χ1v) is 8.14. The van der Waals surface area contributed by atoms with Gasteiger partial charge in [0.25, 0.3) is 0 Å². The van der Waals surface area contributed by atoms with Crippen LogP contribution in [0.1, 0.15) is 13.3 Å². The molecule has 0 aromatic heterocycles. The monoisotopic (exact) mass is 359 g/mol. The van der Waals surface area contributed by atoms with Gasteiger partial charge in [0.05, 0.1) is 10.0 Å². The summed E-state index contributed by atoms with van der Waals surface area (Å²) in [5.74, 6) is -1.26. The molecular formula is C11H12Cl3NO4S. The third-order valence-electron chi connectivity index (χ3n) is 2.35. The Morgan fingerprint density at radius 1 is 1.25 bits per heavy atom. The number of hydrogen-bond donors (Lipinski definition) is 1. The van der Waals surface area contributed by atoms with Gasteiger partial charge in [0.2, 0.25) is 10.0 Å². The van der Waals surface area contributed by atoms with E-state index >= 15 is 0 Å². The van der Waals surface area contributed by atoms with Gasteiger partial charge in [-0.3, -0.25) is 4.79 Å². The van der Waals surface area contributed by atoms with Crippen LogP contribution in [-0.4, -0.2) is 36.9 Å². The molecule has 0 unspecified atom stereocenters. The fraction of sp³-hybridized carbons (Fsp3) is 0.364. The van der Waals surface area contributed by atoms with Gasteiger partial charge in [-0.15, -0.1) is 0 Å². The second-order valence-corrected chi connectivity index (χ2v) is 7.06. The van der Waals surface area contributed by atoms with E-state index in [0.717, 1.165) is 4.31 Å². The van der Waals surface area contributed by atoms with Crippen LogP contribution in [0, 0.1) is 0 Å². The number of benzene rings is 1. The van der Waals surface area contributed by atoms with Gasteiger partial charge < -0.3 is 5.11 Å². The van der Waals surface area contributed by atoms with Crippen LogP contribution >= 0.6 is 34.8 Å². The molecule has 0 aliphatic rings. The van der Waals surface area contributed by atoms with Crippen molar-refractivity contribution in [3.8, 4) is 0 Å². The molecule has 0 spiro atoms. The average Bonchev–Trinajstić information content (AvgIpc) is 2.25. The molecule has 0 amide bonds. The highest BCUT2D eigenvalue weighted by Gasteiger charge is 2.30. The first-order chi connectivity index (χ1) is 9.20. The second-order valence-electron chi connectivity index (χ2n) is 3.93. The van der Waals surface area contributed by atoms with Gasteiger partial charge in [0, 0.05) is 11.6 Å². The molecule has 112 valence electrons. The van der Waals surface area contributed by atoms with Gasteiger partial charge in [-0.2, -0.15) is 4.31 Å². The van der Waals surface area contributed by atoms with E-state index in [0.29, 0.717) is 6.42 Å². The number of aliphatic carboxylic acids is 1. The van der Waals surface area contributed by atoms with Gasteiger partial charge in [-0.25, -0.2) is 8.42 Å². The quantitative estimate of drug-likeness (QED) is 0.845. The highest BCUT2D eigenvalue weighted by atomic mass is 35.5. The molecule has 1 aromatic carbocycles. The summed E-state index contributed by atoms with van der Waals surface area (Å²) in [5, 5.41) is 8.72. The zero-order chi connectivity index (χ0) is 15.5. The molecule has 0 saturated carbocycles. The minimum Gasteiger partial charge on any atom is -0.480 e. The first-order valence-electron chi connectivity index (χ1n) is 5.56. The van der Waals surface area contributed by atoms with Gasteiger partial charge in [-0.1, -0.05) is 41.7 Å². The van der Waals surface area contributed by atoms with Crippen molar-refractivity contribution in [2.24, 2.45) is 0 Å². The van der Waals surface area contributed by atoms with Crippen LogP contribution in [0.25, 0.3) is 0 Å². The number of carbonyl (C=O) groups is 1. The lowest BCUT2D eigenvalue weighted by atomic mass is 10.4. The van der Waals surface area contributed by atoms with Crippen molar-refractivity contribution in [3.05, 3.63) is 27.2 Å². The van der Waals surface area contributed by atoms with Crippen LogP contribution in [0.5, 0.6) is 0 Å². The third-order valence-corrected chi connectivity index (χ3v) is 5.33. The molecule has 9 heteroatoms. The zero-order valence-electron chi connectivity index (χ0n) is 10.4. The Bertz CT molecular complexity index is 595. The molecule has 20 heavy (non-hydrogen) atoms. The predicted octanol–water partition coefficient (Wildman–Crippen LogP) is 3.13. The summed E-state index contributed by atoms with van der Waals surface area (Å²) >= 11 is 17.5. The first kappa shape index (κ1) is 17.5. The third kappa shape index (κ3) is 3.99. The Balaban J connectivity index is 3.37. The van der Waals surface area contributed by atoms with E-state index in [1.807, 2.05) is 0 Å². The molecule has 0 saturated heterocycles. The van der Waals surface area contributed by atoms with Gasteiger partial charge >= 0.3 is 5.97 Å². The summed E-state index contributed by atoms with van der Waals surface area (Å²) in [5.41, 5.74) is 0.